The number of nitrogens with one attached hydrogen (secondary N) is 2. The summed E-state index contributed by atoms with van der Waals surface area (Å²) in [4.78, 5) is 8.63. The summed E-state index contributed by atoms with van der Waals surface area (Å²) in [6.45, 7) is 3.65. The lowest BCUT2D eigenvalue weighted by atomic mass is 10.3. The van der Waals surface area contributed by atoms with Crippen molar-refractivity contribution in [3.05, 3.63) is 23.6 Å². The Balaban J connectivity index is 1.75. The molecule has 0 aliphatic carbocycles. The summed E-state index contributed by atoms with van der Waals surface area (Å²) in [6, 6.07) is 3.39. The van der Waals surface area contributed by atoms with E-state index >= 15 is 0 Å². The van der Waals surface area contributed by atoms with Crippen LogP contribution in [0.3, 0.4) is 0 Å². The largest absolute Gasteiger partial charge is 0.360 e. The number of hydrogen-bond donors (Lipinski definition) is 2. The lowest BCUT2D eigenvalue weighted by Gasteiger charge is -2.12. The van der Waals surface area contributed by atoms with Gasteiger partial charge in [0.05, 0.1) is 11.5 Å². The van der Waals surface area contributed by atoms with Crippen LogP contribution in [0, 0.1) is 13.8 Å². The number of aromatic nitrogens is 3. The van der Waals surface area contributed by atoms with E-state index in [2.05, 4.69) is 25.8 Å². The minimum absolute atomic E-state index is 0.121. The summed E-state index contributed by atoms with van der Waals surface area (Å²) in [6.07, 6.45) is 0.574. The van der Waals surface area contributed by atoms with Crippen LogP contribution in [-0.2, 0) is 9.84 Å². The van der Waals surface area contributed by atoms with E-state index in [4.69, 9.17) is 4.52 Å². The van der Waals surface area contributed by atoms with Gasteiger partial charge in [0.25, 0.3) is 0 Å². The molecule has 0 aromatic carbocycles. The molecular weight excluding hydrogens is 306 g/mol. The number of aryl methyl sites for hydroxylation is 2. The van der Waals surface area contributed by atoms with Crippen LogP contribution in [0.5, 0.6) is 0 Å². The van der Waals surface area contributed by atoms with E-state index in [0.29, 0.717) is 29.8 Å². The van der Waals surface area contributed by atoms with Gasteiger partial charge in [0.2, 0.25) is 5.95 Å². The van der Waals surface area contributed by atoms with Crippen molar-refractivity contribution in [2.75, 3.05) is 22.1 Å². The van der Waals surface area contributed by atoms with Gasteiger partial charge in [-0.25, -0.2) is 13.4 Å². The first-order chi connectivity index (χ1) is 10.4. The third-order valence-corrected chi connectivity index (χ3v) is 5.07. The van der Waals surface area contributed by atoms with Gasteiger partial charge >= 0.3 is 0 Å². The Hall–Kier alpha value is -2.16. The molecule has 22 heavy (non-hydrogen) atoms. The Bertz CT molecular complexity index is 787. The molecule has 0 spiro atoms. The van der Waals surface area contributed by atoms with E-state index in [9.17, 15) is 8.42 Å². The molecule has 1 unspecified atom stereocenters. The van der Waals surface area contributed by atoms with E-state index in [-0.39, 0.29) is 17.5 Å². The van der Waals surface area contributed by atoms with Crippen molar-refractivity contribution in [2.45, 2.75) is 26.3 Å². The van der Waals surface area contributed by atoms with Crippen molar-refractivity contribution in [3.8, 4) is 0 Å². The maximum absolute atomic E-state index is 11.5. The Morgan fingerprint density at radius 3 is 2.68 bits per heavy atom. The second kappa shape index (κ2) is 5.56. The number of rotatable bonds is 4. The Morgan fingerprint density at radius 1 is 1.23 bits per heavy atom. The molecule has 1 atom stereocenters. The van der Waals surface area contributed by atoms with Crippen molar-refractivity contribution >= 4 is 27.4 Å². The first-order valence-corrected chi connectivity index (χ1v) is 8.75. The predicted molar refractivity (Wildman–Crippen MR) is 82.0 cm³/mol. The quantitative estimate of drug-likeness (QED) is 0.869. The molecule has 0 amide bonds. The van der Waals surface area contributed by atoms with Gasteiger partial charge < -0.3 is 15.2 Å². The predicted octanol–water partition coefficient (Wildman–Crippen LogP) is 1.42. The van der Waals surface area contributed by atoms with Gasteiger partial charge in [-0.3, -0.25) is 0 Å². The molecule has 118 valence electrons. The van der Waals surface area contributed by atoms with Crippen molar-refractivity contribution in [3.63, 3.8) is 0 Å². The fourth-order valence-electron chi connectivity index (χ4n) is 2.35. The molecule has 0 saturated carbocycles. The molecule has 1 saturated heterocycles. The third kappa shape index (κ3) is 3.53. The summed E-state index contributed by atoms with van der Waals surface area (Å²) in [7, 11) is -2.94. The van der Waals surface area contributed by atoms with Gasteiger partial charge in [-0.15, -0.1) is 0 Å². The van der Waals surface area contributed by atoms with Crippen LogP contribution >= 0.6 is 0 Å². The van der Waals surface area contributed by atoms with Gasteiger partial charge in [-0.2, -0.15) is 4.98 Å². The van der Waals surface area contributed by atoms with Gasteiger partial charge in [0, 0.05) is 23.9 Å². The SMILES string of the molecule is Cc1cc(Nc2cc(C)on2)nc(NC2CCS(=O)(=O)C2)n1. The van der Waals surface area contributed by atoms with Crippen LogP contribution in [0.25, 0.3) is 0 Å². The normalized spacial score (nSPS) is 20.0. The molecule has 2 aromatic heterocycles. The van der Waals surface area contributed by atoms with Crippen LogP contribution in [-0.4, -0.2) is 41.1 Å². The second-order valence-corrected chi connectivity index (χ2v) is 7.64. The molecule has 0 radical (unpaired) electrons. The standard InChI is InChI=1S/C13H17N5O3S/c1-8-5-11(16-12-6-9(2)21-18-12)17-13(14-8)15-10-3-4-22(19,20)7-10/h5-6,10H,3-4,7H2,1-2H3,(H2,14,15,16,17,18). The van der Waals surface area contributed by atoms with Crippen molar-refractivity contribution in [2.24, 2.45) is 0 Å². The number of hydrogen-bond acceptors (Lipinski definition) is 8. The molecule has 8 nitrogen and oxygen atoms in total. The fraction of sp³-hybridized carbons (Fsp3) is 0.462. The first kappa shape index (κ1) is 14.8. The number of sulfone groups is 1. The smallest absolute Gasteiger partial charge is 0.225 e. The van der Waals surface area contributed by atoms with E-state index in [0.717, 1.165) is 5.69 Å². The molecule has 1 fully saturated rings. The van der Waals surface area contributed by atoms with Crippen LogP contribution in [0.2, 0.25) is 0 Å². The molecule has 0 bridgehead atoms. The zero-order chi connectivity index (χ0) is 15.7. The average molecular weight is 323 g/mol. The Morgan fingerprint density at radius 2 is 2.05 bits per heavy atom. The van der Waals surface area contributed by atoms with Crippen LogP contribution in [0.15, 0.2) is 16.7 Å². The minimum atomic E-state index is -2.94. The minimum Gasteiger partial charge on any atom is -0.360 e. The highest BCUT2D eigenvalue weighted by Crippen LogP contribution is 2.19. The van der Waals surface area contributed by atoms with Crippen molar-refractivity contribution < 1.29 is 12.9 Å². The van der Waals surface area contributed by atoms with Gasteiger partial charge in [0.15, 0.2) is 15.7 Å². The highest BCUT2D eigenvalue weighted by Gasteiger charge is 2.28. The summed E-state index contributed by atoms with van der Waals surface area (Å²) in [5.41, 5.74) is 0.765. The van der Waals surface area contributed by atoms with Gasteiger partial charge in [0.1, 0.15) is 11.6 Å². The van der Waals surface area contributed by atoms with Crippen LogP contribution < -0.4 is 10.6 Å². The zero-order valence-electron chi connectivity index (χ0n) is 12.3. The highest BCUT2D eigenvalue weighted by molar-refractivity contribution is 7.91. The van der Waals surface area contributed by atoms with Crippen molar-refractivity contribution in [1.29, 1.82) is 0 Å². The summed E-state index contributed by atoms with van der Waals surface area (Å²) < 4.78 is 28.0. The maximum Gasteiger partial charge on any atom is 0.225 e. The first-order valence-electron chi connectivity index (χ1n) is 6.93. The van der Waals surface area contributed by atoms with E-state index in [1.807, 2.05) is 6.92 Å². The lowest BCUT2D eigenvalue weighted by molar-refractivity contribution is 0.400. The van der Waals surface area contributed by atoms with E-state index in [1.165, 1.54) is 0 Å². The molecule has 1 aliphatic heterocycles. The van der Waals surface area contributed by atoms with E-state index in [1.54, 1.807) is 19.1 Å². The van der Waals surface area contributed by atoms with Gasteiger partial charge in [-0.1, -0.05) is 5.16 Å². The van der Waals surface area contributed by atoms with Crippen molar-refractivity contribution in [1.82, 2.24) is 15.1 Å². The zero-order valence-corrected chi connectivity index (χ0v) is 13.1. The van der Waals surface area contributed by atoms with Crippen LogP contribution in [0.4, 0.5) is 17.6 Å². The Labute approximate surface area is 128 Å². The molecule has 3 rings (SSSR count). The summed E-state index contributed by atoms with van der Waals surface area (Å²) in [5.74, 6) is 2.57. The lowest BCUT2D eigenvalue weighted by Crippen LogP contribution is -2.22. The molecule has 1 aliphatic rings. The maximum atomic E-state index is 11.5. The molecule has 9 heteroatoms. The second-order valence-electron chi connectivity index (χ2n) is 5.41. The average Bonchev–Trinajstić information content (AvgIpc) is 2.94. The molecule has 2 aromatic rings. The molecular formula is C13H17N5O3S. The van der Waals surface area contributed by atoms with Gasteiger partial charge in [-0.05, 0) is 20.3 Å². The molecule has 3 heterocycles. The topological polar surface area (TPSA) is 110 Å². The fourth-order valence-corrected chi connectivity index (χ4v) is 4.02. The summed E-state index contributed by atoms with van der Waals surface area (Å²) in [5, 5.41) is 9.96. The monoisotopic (exact) mass is 323 g/mol. The van der Waals surface area contributed by atoms with E-state index < -0.39 is 9.84 Å². The summed E-state index contributed by atoms with van der Waals surface area (Å²) >= 11 is 0. The number of nitrogens with zero attached hydrogens (tertiary/aromatic N) is 3. The third-order valence-electron chi connectivity index (χ3n) is 3.30. The number of anilines is 3. The molecule has 2 N–H and O–H groups in total. The van der Waals surface area contributed by atoms with Crippen LogP contribution in [0.1, 0.15) is 17.9 Å². The highest BCUT2D eigenvalue weighted by atomic mass is 32.2. The Kier molecular flexibility index (Phi) is 3.73.